The van der Waals surface area contributed by atoms with Crippen LogP contribution in [-0.4, -0.2) is 13.1 Å². The summed E-state index contributed by atoms with van der Waals surface area (Å²) in [6.07, 6.45) is 2.56. The SMILES string of the molecule is C[C@@H]1CCCN(c2cccc(N)c2N)C1. The third-order valence-electron chi connectivity index (χ3n) is 3.11. The Morgan fingerprint density at radius 1 is 1.33 bits per heavy atom. The topological polar surface area (TPSA) is 55.3 Å². The Morgan fingerprint density at radius 2 is 2.13 bits per heavy atom. The zero-order valence-corrected chi connectivity index (χ0v) is 9.24. The number of rotatable bonds is 1. The quantitative estimate of drug-likeness (QED) is 0.690. The maximum Gasteiger partial charge on any atom is 0.0785 e. The molecule has 15 heavy (non-hydrogen) atoms. The van der Waals surface area contributed by atoms with Gasteiger partial charge in [0, 0.05) is 13.1 Å². The fourth-order valence-corrected chi connectivity index (χ4v) is 2.25. The molecule has 0 aromatic heterocycles. The molecule has 1 aliphatic rings. The molecule has 0 radical (unpaired) electrons. The van der Waals surface area contributed by atoms with Crippen molar-refractivity contribution in [1.82, 2.24) is 0 Å². The van der Waals surface area contributed by atoms with Gasteiger partial charge in [0.15, 0.2) is 0 Å². The van der Waals surface area contributed by atoms with E-state index in [0.29, 0.717) is 5.69 Å². The fourth-order valence-electron chi connectivity index (χ4n) is 2.25. The van der Waals surface area contributed by atoms with Crippen LogP contribution in [0.2, 0.25) is 0 Å². The number of piperidine rings is 1. The molecule has 0 saturated carbocycles. The van der Waals surface area contributed by atoms with E-state index >= 15 is 0 Å². The van der Waals surface area contributed by atoms with Crippen LogP contribution in [-0.2, 0) is 0 Å². The van der Waals surface area contributed by atoms with Crippen LogP contribution >= 0.6 is 0 Å². The van der Waals surface area contributed by atoms with E-state index in [1.54, 1.807) is 0 Å². The third kappa shape index (κ3) is 2.01. The number of benzene rings is 1. The average molecular weight is 205 g/mol. The van der Waals surface area contributed by atoms with Gasteiger partial charge in [0.2, 0.25) is 0 Å². The van der Waals surface area contributed by atoms with Crippen LogP contribution < -0.4 is 16.4 Å². The molecule has 1 aromatic rings. The number of hydrogen-bond acceptors (Lipinski definition) is 3. The summed E-state index contributed by atoms with van der Waals surface area (Å²) in [5.74, 6) is 0.750. The first kappa shape index (κ1) is 10.1. The van der Waals surface area contributed by atoms with Crippen LogP contribution in [0.5, 0.6) is 0 Å². The summed E-state index contributed by atoms with van der Waals surface area (Å²) in [7, 11) is 0. The lowest BCUT2D eigenvalue weighted by molar-refractivity contribution is 0.447. The Kier molecular flexibility index (Phi) is 2.71. The minimum Gasteiger partial charge on any atom is -0.397 e. The highest BCUT2D eigenvalue weighted by atomic mass is 15.1. The van der Waals surface area contributed by atoms with Gasteiger partial charge in [0.1, 0.15) is 0 Å². The molecule has 3 heteroatoms. The molecule has 82 valence electrons. The van der Waals surface area contributed by atoms with Crippen molar-refractivity contribution in [3.05, 3.63) is 18.2 Å². The van der Waals surface area contributed by atoms with Gasteiger partial charge in [-0.2, -0.15) is 0 Å². The molecule has 1 heterocycles. The average Bonchev–Trinajstić information content (AvgIpc) is 2.22. The molecule has 1 aromatic carbocycles. The van der Waals surface area contributed by atoms with Crippen LogP contribution in [0.4, 0.5) is 17.1 Å². The number of nitrogens with two attached hydrogens (primary N) is 2. The van der Waals surface area contributed by atoms with E-state index < -0.39 is 0 Å². The fraction of sp³-hybridized carbons (Fsp3) is 0.500. The molecule has 0 aliphatic carbocycles. The Labute approximate surface area is 91.1 Å². The first-order chi connectivity index (χ1) is 7.18. The lowest BCUT2D eigenvalue weighted by Gasteiger charge is -2.33. The van der Waals surface area contributed by atoms with Crippen molar-refractivity contribution >= 4 is 17.1 Å². The van der Waals surface area contributed by atoms with E-state index in [9.17, 15) is 0 Å². The highest BCUT2D eigenvalue weighted by Crippen LogP contribution is 2.31. The van der Waals surface area contributed by atoms with Crippen LogP contribution in [0.3, 0.4) is 0 Å². The molecule has 3 nitrogen and oxygen atoms in total. The minimum absolute atomic E-state index is 0.686. The largest absolute Gasteiger partial charge is 0.397 e. The summed E-state index contributed by atoms with van der Waals surface area (Å²) >= 11 is 0. The number of para-hydroxylation sites is 1. The first-order valence-electron chi connectivity index (χ1n) is 5.57. The zero-order chi connectivity index (χ0) is 10.8. The predicted molar refractivity (Wildman–Crippen MR) is 65.9 cm³/mol. The molecule has 2 rings (SSSR count). The van der Waals surface area contributed by atoms with Crippen molar-refractivity contribution < 1.29 is 0 Å². The summed E-state index contributed by atoms with van der Waals surface area (Å²) in [5, 5.41) is 0. The molecule has 1 saturated heterocycles. The summed E-state index contributed by atoms with van der Waals surface area (Å²) in [6, 6.07) is 5.89. The number of nitrogen functional groups attached to an aromatic ring is 2. The van der Waals surface area contributed by atoms with E-state index in [2.05, 4.69) is 17.9 Å². The van der Waals surface area contributed by atoms with E-state index in [1.807, 2.05) is 12.1 Å². The molecule has 0 unspecified atom stereocenters. The molecule has 0 spiro atoms. The normalized spacial score (nSPS) is 21.7. The smallest absolute Gasteiger partial charge is 0.0785 e. The van der Waals surface area contributed by atoms with Gasteiger partial charge >= 0.3 is 0 Å². The molecule has 1 aliphatic heterocycles. The van der Waals surface area contributed by atoms with Crippen molar-refractivity contribution in [2.45, 2.75) is 19.8 Å². The highest BCUT2D eigenvalue weighted by Gasteiger charge is 2.18. The van der Waals surface area contributed by atoms with E-state index in [1.165, 1.54) is 12.8 Å². The van der Waals surface area contributed by atoms with Crippen LogP contribution in [0.25, 0.3) is 0 Å². The second-order valence-corrected chi connectivity index (χ2v) is 4.47. The second-order valence-electron chi connectivity index (χ2n) is 4.47. The monoisotopic (exact) mass is 205 g/mol. The van der Waals surface area contributed by atoms with Crippen molar-refractivity contribution in [2.75, 3.05) is 29.5 Å². The summed E-state index contributed by atoms with van der Waals surface area (Å²) in [5.41, 5.74) is 14.3. The summed E-state index contributed by atoms with van der Waals surface area (Å²) in [6.45, 7) is 4.47. The van der Waals surface area contributed by atoms with Crippen LogP contribution in [0.15, 0.2) is 18.2 Å². The van der Waals surface area contributed by atoms with Gasteiger partial charge in [0.25, 0.3) is 0 Å². The van der Waals surface area contributed by atoms with E-state index in [-0.39, 0.29) is 0 Å². The van der Waals surface area contributed by atoms with Crippen molar-refractivity contribution in [2.24, 2.45) is 5.92 Å². The van der Waals surface area contributed by atoms with Gasteiger partial charge < -0.3 is 16.4 Å². The minimum atomic E-state index is 0.686. The highest BCUT2D eigenvalue weighted by molar-refractivity contribution is 5.79. The summed E-state index contributed by atoms with van der Waals surface area (Å²) in [4.78, 5) is 2.35. The van der Waals surface area contributed by atoms with Crippen LogP contribution in [0, 0.1) is 5.92 Å². The van der Waals surface area contributed by atoms with Gasteiger partial charge in [-0.3, -0.25) is 0 Å². The third-order valence-corrected chi connectivity index (χ3v) is 3.11. The van der Waals surface area contributed by atoms with Crippen molar-refractivity contribution in [3.8, 4) is 0 Å². The molecule has 1 fully saturated rings. The number of hydrogen-bond donors (Lipinski definition) is 2. The maximum absolute atomic E-state index is 5.99. The molecule has 0 amide bonds. The Bertz CT molecular complexity index is 349. The van der Waals surface area contributed by atoms with Gasteiger partial charge in [-0.05, 0) is 30.9 Å². The molecule has 1 atom stereocenters. The standard InChI is InChI=1S/C12H19N3/c1-9-4-3-7-15(8-9)11-6-2-5-10(13)12(11)14/h2,5-6,9H,3-4,7-8,13-14H2,1H3/t9-/m1/s1. The van der Waals surface area contributed by atoms with Gasteiger partial charge in [-0.1, -0.05) is 13.0 Å². The van der Waals surface area contributed by atoms with Crippen molar-refractivity contribution in [1.29, 1.82) is 0 Å². The van der Waals surface area contributed by atoms with E-state index in [0.717, 1.165) is 30.4 Å². The number of nitrogens with zero attached hydrogens (tertiary/aromatic N) is 1. The van der Waals surface area contributed by atoms with E-state index in [4.69, 9.17) is 11.5 Å². The Balaban J connectivity index is 2.24. The Morgan fingerprint density at radius 3 is 2.87 bits per heavy atom. The molecular weight excluding hydrogens is 186 g/mol. The van der Waals surface area contributed by atoms with Gasteiger partial charge in [-0.25, -0.2) is 0 Å². The van der Waals surface area contributed by atoms with Gasteiger partial charge in [-0.15, -0.1) is 0 Å². The van der Waals surface area contributed by atoms with Gasteiger partial charge in [0.05, 0.1) is 17.1 Å². The lowest BCUT2D eigenvalue weighted by atomic mass is 9.99. The zero-order valence-electron chi connectivity index (χ0n) is 9.24. The molecule has 4 N–H and O–H groups in total. The predicted octanol–water partition coefficient (Wildman–Crippen LogP) is 2.09. The summed E-state index contributed by atoms with van der Waals surface area (Å²) < 4.78 is 0. The maximum atomic E-state index is 5.99. The van der Waals surface area contributed by atoms with Crippen molar-refractivity contribution in [3.63, 3.8) is 0 Å². The van der Waals surface area contributed by atoms with Crippen LogP contribution in [0.1, 0.15) is 19.8 Å². The first-order valence-corrected chi connectivity index (χ1v) is 5.57. The second kappa shape index (κ2) is 4.01. The molecule has 0 bridgehead atoms. The Hall–Kier alpha value is -1.38. The lowest BCUT2D eigenvalue weighted by Crippen LogP contribution is -2.34. The number of anilines is 3. The molecular formula is C12H19N3.